The van der Waals surface area contributed by atoms with Gasteiger partial charge in [-0.3, -0.25) is 0 Å². The van der Waals surface area contributed by atoms with E-state index in [0.717, 1.165) is 6.42 Å². The first-order valence-electron chi connectivity index (χ1n) is 6.30. The van der Waals surface area contributed by atoms with Crippen LogP contribution in [0, 0.1) is 5.92 Å². The predicted octanol–water partition coefficient (Wildman–Crippen LogP) is 2.79. The van der Waals surface area contributed by atoms with E-state index in [-0.39, 0.29) is 6.03 Å². The lowest BCUT2D eigenvalue weighted by molar-refractivity contribution is 0.219. The molecule has 15 heavy (non-hydrogen) atoms. The van der Waals surface area contributed by atoms with Crippen LogP contribution < -0.4 is 11.1 Å². The topological polar surface area (TPSA) is 55.1 Å². The average Bonchev–Trinajstić information content (AvgIpc) is 2.20. The van der Waals surface area contributed by atoms with E-state index in [4.69, 9.17) is 5.73 Å². The van der Waals surface area contributed by atoms with Crippen molar-refractivity contribution in [2.45, 2.75) is 64.3 Å². The molecular weight excluding hydrogens is 188 g/mol. The van der Waals surface area contributed by atoms with Gasteiger partial charge in [0.25, 0.3) is 0 Å². The molecule has 0 bridgehead atoms. The molecule has 2 amide bonds. The standard InChI is InChI=1S/C12H24N2O/c1-2-3-4-7-10-8-5-6-9-11(10)14-12(13)15/h10-11H,2-9H2,1H3,(H3,13,14,15). The molecule has 0 aromatic carbocycles. The summed E-state index contributed by atoms with van der Waals surface area (Å²) in [5.41, 5.74) is 5.19. The van der Waals surface area contributed by atoms with Crippen molar-refractivity contribution in [1.29, 1.82) is 0 Å². The molecule has 3 nitrogen and oxygen atoms in total. The lowest BCUT2D eigenvalue weighted by Crippen LogP contribution is -2.44. The number of hydrogen-bond donors (Lipinski definition) is 2. The molecule has 0 aromatic rings. The van der Waals surface area contributed by atoms with Crippen LogP contribution in [0.2, 0.25) is 0 Å². The van der Waals surface area contributed by atoms with Gasteiger partial charge >= 0.3 is 6.03 Å². The summed E-state index contributed by atoms with van der Waals surface area (Å²) in [6, 6.07) is -0.0181. The van der Waals surface area contributed by atoms with E-state index in [1.165, 1.54) is 44.9 Å². The summed E-state index contributed by atoms with van der Waals surface area (Å²) in [6.45, 7) is 2.22. The van der Waals surface area contributed by atoms with E-state index >= 15 is 0 Å². The first-order chi connectivity index (χ1) is 7.24. The summed E-state index contributed by atoms with van der Waals surface area (Å²) in [4.78, 5) is 10.9. The van der Waals surface area contributed by atoms with E-state index in [1.54, 1.807) is 0 Å². The Balaban J connectivity index is 2.32. The number of urea groups is 1. The molecule has 1 aliphatic carbocycles. The normalized spacial score (nSPS) is 26.2. The molecule has 88 valence electrons. The van der Waals surface area contributed by atoms with Gasteiger partial charge in [-0.2, -0.15) is 0 Å². The Bertz CT molecular complexity index is 194. The van der Waals surface area contributed by atoms with Crippen molar-refractivity contribution < 1.29 is 4.79 Å². The molecule has 2 unspecified atom stereocenters. The van der Waals surface area contributed by atoms with E-state index in [2.05, 4.69) is 12.2 Å². The first-order valence-corrected chi connectivity index (χ1v) is 6.30. The van der Waals surface area contributed by atoms with Gasteiger partial charge in [0.2, 0.25) is 0 Å². The predicted molar refractivity (Wildman–Crippen MR) is 62.6 cm³/mol. The highest BCUT2D eigenvalue weighted by molar-refractivity contribution is 5.72. The van der Waals surface area contributed by atoms with E-state index in [1.807, 2.05) is 0 Å². The maximum Gasteiger partial charge on any atom is 0.312 e. The van der Waals surface area contributed by atoms with Crippen molar-refractivity contribution in [3.63, 3.8) is 0 Å². The molecule has 3 N–H and O–H groups in total. The molecule has 1 aliphatic rings. The highest BCUT2D eigenvalue weighted by Gasteiger charge is 2.25. The quantitative estimate of drug-likeness (QED) is 0.676. The first kappa shape index (κ1) is 12.3. The maximum atomic E-state index is 10.9. The van der Waals surface area contributed by atoms with Crippen LogP contribution in [0.1, 0.15) is 58.3 Å². The molecule has 3 heteroatoms. The fourth-order valence-electron chi connectivity index (χ4n) is 2.58. The second-order valence-corrected chi connectivity index (χ2v) is 4.66. The zero-order valence-electron chi connectivity index (χ0n) is 9.80. The van der Waals surface area contributed by atoms with Crippen LogP contribution in [0.3, 0.4) is 0 Å². The highest BCUT2D eigenvalue weighted by atomic mass is 16.2. The molecule has 1 saturated carbocycles. The summed E-state index contributed by atoms with van der Waals surface area (Å²) in [5.74, 6) is 0.665. The van der Waals surface area contributed by atoms with Gasteiger partial charge < -0.3 is 11.1 Å². The van der Waals surface area contributed by atoms with Crippen molar-refractivity contribution >= 4 is 6.03 Å². The van der Waals surface area contributed by atoms with E-state index in [9.17, 15) is 4.79 Å². The Hall–Kier alpha value is -0.730. The number of carbonyl (C=O) groups is 1. The fraction of sp³-hybridized carbons (Fsp3) is 0.917. The molecular formula is C12H24N2O. The number of amides is 2. The van der Waals surface area contributed by atoms with Gasteiger partial charge in [0, 0.05) is 6.04 Å². The minimum Gasteiger partial charge on any atom is -0.352 e. The van der Waals surface area contributed by atoms with Gasteiger partial charge in [-0.25, -0.2) is 4.79 Å². The number of rotatable bonds is 5. The van der Waals surface area contributed by atoms with Crippen molar-refractivity contribution in [1.82, 2.24) is 5.32 Å². The Labute approximate surface area is 92.8 Å². The van der Waals surface area contributed by atoms with Crippen LogP contribution in [0.15, 0.2) is 0 Å². The van der Waals surface area contributed by atoms with Crippen LogP contribution in [0.5, 0.6) is 0 Å². The van der Waals surface area contributed by atoms with Gasteiger partial charge in [-0.1, -0.05) is 39.0 Å². The third kappa shape index (κ3) is 4.54. The molecule has 0 radical (unpaired) electrons. The van der Waals surface area contributed by atoms with Gasteiger partial charge in [0.1, 0.15) is 0 Å². The maximum absolute atomic E-state index is 10.9. The third-order valence-corrected chi connectivity index (χ3v) is 3.42. The lowest BCUT2D eigenvalue weighted by atomic mass is 9.81. The highest BCUT2D eigenvalue weighted by Crippen LogP contribution is 2.28. The summed E-state index contributed by atoms with van der Waals surface area (Å²) >= 11 is 0. The van der Waals surface area contributed by atoms with E-state index in [0.29, 0.717) is 12.0 Å². The Morgan fingerprint density at radius 2 is 2.07 bits per heavy atom. The second-order valence-electron chi connectivity index (χ2n) is 4.66. The zero-order valence-corrected chi connectivity index (χ0v) is 9.80. The summed E-state index contributed by atoms with van der Waals surface area (Å²) < 4.78 is 0. The second kappa shape index (κ2) is 6.70. The van der Waals surface area contributed by atoms with Gasteiger partial charge in [-0.15, -0.1) is 0 Å². The molecule has 1 fully saturated rings. The van der Waals surface area contributed by atoms with Crippen molar-refractivity contribution in [2.75, 3.05) is 0 Å². The number of nitrogens with one attached hydrogen (secondary N) is 1. The molecule has 2 atom stereocenters. The third-order valence-electron chi connectivity index (χ3n) is 3.42. The number of carbonyl (C=O) groups excluding carboxylic acids is 1. The summed E-state index contributed by atoms with van der Waals surface area (Å²) in [5, 5.41) is 2.90. The Kier molecular flexibility index (Phi) is 5.51. The van der Waals surface area contributed by atoms with E-state index < -0.39 is 0 Å². The Morgan fingerprint density at radius 3 is 2.73 bits per heavy atom. The molecule has 1 rings (SSSR count). The monoisotopic (exact) mass is 212 g/mol. The molecule has 0 heterocycles. The van der Waals surface area contributed by atoms with Crippen LogP contribution in [0.25, 0.3) is 0 Å². The van der Waals surface area contributed by atoms with Gasteiger partial charge in [0.15, 0.2) is 0 Å². The summed E-state index contributed by atoms with van der Waals surface area (Å²) in [6.07, 6.45) is 10.0. The molecule has 0 aliphatic heterocycles. The largest absolute Gasteiger partial charge is 0.352 e. The molecule has 0 aromatic heterocycles. The number of primary amides is 1. The minimum absolute atomic E-state index is 0.341. The van der Waals surface area contributed by atoms with Crippen LogP contribution in [-0.2, 0) is 0 Å². The number of nitrogens with two attached hydrogens (primary N) is 1. The van der Waals surface area contributed by atoms with Crippen molar-refractivity contribution in [2.24, 2.45) is 11.7 Å². The SMILES string of the molecule is CCCCCC1CCCCC1NC(N)=O. The van der Waals surface area contributed by atoms with Crippen LogP contribution in [-0.4, -0.2) is 12.1 Å². The van der Waals surface area contributed by atoms with Crippen molar-refractivity contribution in [3.8, 4) is 0 Å². The van der Waals surface area contributed by atoms with Crippen LogP contribution in [0.4, 0.5) is 4.79 Å². The fourth-order valence-corrected chi connectivity index (χ4v) is 2.58. The van der Waals surface area contributed by atoms with Gasteiger partial charge in [-0.05, 0) is 25.2 Å². The smallest absolute Gasteiger partial charge is 0.312 e. The lowest BCUT2D eigenvalue weighted by Gasteiger charge is -2.31. The summed E-state index contributed by atoms with van der Waals surface area (Å²) in [7, 11) is 0. The number of unbranched alkanes of at least 4 members (excludes halogenated alkanes) is 2. The van der Waals surface area contributed by atoms with Crippen molar-refractivity contribution in [3.05, 3.63) is 0 Å². The number of hydrogen-bond acceptors (Lipinski definition) is 1. The molecule has 0 spiro atoms. The average molecular weight is 212 g/mol. The minimum atomic E-state index is -0.359. The van der Waals surface area contributed by atoms with Crippen LogP contribution >= 0.6 is 0 Å². The Morgan fingerprint density at radius 1 is 1.33 bits per heavy atom. The molecule has 0 saturated heterocycles. The zero-order chi connectivity index (χ0) is 11.1. The van der Waals surface area contributed by atoms with Gasteiger partial charge in [0.05, 0.1) is 0 Å².